The van der Waals surface area contributed by atoms with Gasteiger partial charge in [-0.05, 0) is 54.2 Å². The van der Waals surface area contributed by atoms with E-state index in [1.807, 2.05) is 0 Å². The van der Waals surface area contributed by atoms with Gasteiger partial charge in [-0.1, -0.05) is 56.3 Å². The zero-order chi connectivity index (χ0) is 21.3. The number of thiocarbonyl (C=S) groups is 1. The molecule has 3 rings (SSSR count). The maximum atomic E-state index is 5.90. The van der Waals surface area contributed by atoms with E-state index in [1.165, 1.54) is 16.7 Å². The number of rotatable bonds is 8. The number of anilines is 1. The third-order valence-corrected chi connectivity index (χ3v) is 6.01. The average Bonchev–Trinajstić information content (AvgIpc) is 2.74. The van der Waals surface area contributed by atoms with E-state index >= 15 is 0 Å². The van der Waals surface area contributed by atoms with Crippen LogP contribution in [0.15, 0.2) is 48.5 Å². The molecular weight excluding hydrogens is 390 g/mol. The van der Waals surface area contributed by atoms with Crippen molar-refractivity contribution < 1.29 is 4.74 Å². The molecule has 5 heteroatoms. The standard InChI is InChI=1S/C25H35N3OS/c1-20(2)24-21(3)9-7-12-23(24)26-25(30)28(19-22-10-5-4-6-11-22)14-8-13-27-15-17-29-18-16-27/h4-7,9-12,20H,8,13-19H2,1-3H3,(H,26,30). The summed E-state index contributed by atoms with van der Waals surface area (Å²) in [5, 5.41) is 4.36. The van der Waals surface area contributed by atoms with Crippen LogP contribution in [0, 0.1) is 6.92 Å². The fourth-order valence-corrected chi connectivity index (χ4v) is 4.38. The van der Waals surface area contributed by atoms with Crippen molar-refractivity contribution in [3.05, 3.63) is 65.2 Å². The minimum Gasteiger partial charge on any atom is -0.379 e. The molecule has 1 N–H and O–H groups in total. The van der Waals surface area contributed by atoms with Crippen LogP contribution in [0.2, 0.25) is 0 Å². The van der Waals surface area contributed by atoms with Crippen LogP contribution in [0.5, 0.6) is 0 Å². The number of aryl methyl sites for hydroxylation is 1. The molecule has 0 atom stereocenters. The molecule has 0 spiro atoms. The van der Waals surface area contributed by atoms with Crippen LogP contribution in [0.1, 0.15) is 42.9 Å². The summed E-state index contributed by atoms with van der Waals surface area (Å²) in [5.74, 6) is 0.445. The van der Waals surface area contributed by atoms with Gasteiger partial charge in [0, 0.05) is 38.4 Å². The lowest BCUT2D eigenvalue weighted by Gasteiger charge is -2.30. The second-order valence-electron chi connectivity index (χ2n) is 8.34. The summed E-state index contributed by atoms with van der Waals surface area (Å²) in [6, 6.07) is 17.0. The quantitative estimate of drug-likeness (QED) is 0.598. The molecule has 0 unspecified atom stereocenters. The highest BCUT2D eigenvalue weighted by molar-refractivity contribution is 7.80. The third-order valence-electron chi connectivity index (χ3n) is 5.65. The second kappa shape index (κ2) is 11.4. The highest BCUT2D eigenvalue weighted by atomic mass is 32.1. The van der Waals surface area contributed by atoms with Crippen LogP contribution in [-0.4, -0.2) is 54.3 Å². The molecule has 2 aromatic carbocycles. The van der Waals surface area contributed by atoms with Gasteiger partial charge in [-0.25, -0.2) is 0 Å². The van der Waals surface area contributed by atoms with E-state index in [-0.39, 0.29) is 0 Å². The Labute approximate surface area is 187 Å². The highest BCUT2D eigenvalue weighted by Gasteiger charge is 2.16. The molecule has 1 aliphatic rings. The van der Waals surface area contributed by atoms with Gasteiger partial charge in [0.1, 0.15) is 0 Å². The van der Waals surface area contributed by atoms with Crippen LogP contribution in [-0.2, 0) is 11.3 Å². The van der Waals surface area contributed by atoms with Crippen molar-refractivity contribution in [1.29, 1.82) is 0 Å². The van der Waals surface area contributed by atoms with Crippen molar-refractivity contribution >= 4 is 23.0 Å². The summed E-state index contributed by atoms with van der Waals surface area (Å²) in [7, 11) is 0. The van der Waals surface area contributed by atoms with E-state index in [1.54, 1.807) is 0 Å². The Morgan fingerprint density at radius 1 is 1.10 bits per heavy atom. The molecule has 1 aliphatic heterocycles. The molecule has 0 radical (unpaired) electrons. The van der Waals surface area contributed by atoms with Gasteiger partial charge in [0.2, 0.25) is 0 Å². The van der Waals surface area contributed by atoms with Gasteiger partial charge in [0.25, 0.3) is 0 Å². The van der Waals surface area contributed by atoms with Gasteiger partial charge in [0.15, 0.2) is 5.11 Å². The van der Waals surface area contributed by atoms with Crippen molar-refractivity contribution in [2.45, 2.75) is 39.7 Å². The topological polar surface area (TPSA) is 27.7 Å². The zero-order valence-corrected chi connectivity index (χ0v) is 19.4. The number of nitrogens with one attached hydrogen (secondary N) is 1. The van der Waals surface area contributed by atoms with Crippen molar-refractivity contribution in [2.24, 2.45) is 0 Å². The lowest BCUT2D eigenvalue weighted by atomic mass is 9.96. The van der Waals surface area contributed by atoms with Gasteiger partial charge in [-0.15, -0.1) is 0 Å². The maximum absolute atomic E-state index is 5.90. The van der Waals surface area contributed by atoms with Gasteiger partial charge < -0.3 is 15.0 Å². The van der Waals surface area contributed by atoms with Gasteiger partial charge >= 0.3 is 0 Å². The first kappa shape index (κ1) is 22.7. The highest BCUT2D eigenvalue weighted by Crippen LogP contribution is 2.28. The number of ether oxygens (including phenoxy) is 1. The van der Waals surface area contributed by atoms with Crippen LogP contribution < -0.4 is 5.32 Å². The predicted octanol–water partition coefficient (Wildman–Crippen LogP) is 5.04. The minimum absolute atomic E-state index is 0.445. The summed E-state index contributed by atoms with van der Waals surface area (Å²) < 4.78 is 5.47. The summed E-state index contributed by atoms with van der Waals surface area (Å²) in [6.45, 7) is 13.2. The molecule has 0 aliphatic carbocycles. The van der Waals surface area contributed by atoms with Crippen LogP contribution in [0.3, 0.4) is 0 Å². The van der Waals surface area contributed by atoms with Crippen molar-refractivity contribution in [3.63, 3.8) is 0 Å². The molecule has 0 bridgehead atoms. The van der Waals surface area contributed by atoms with Gasteiger partial charge in [0.05, 0.1) is 13.2 Å². The number of hydrogen-bond acceptors (Lipinski definition) is 3. The molecule has 0 aromatic heterocycles. The number of nitrogens with zero attached hydrogens (tertiary/aromatic N) is 2. The zero-order valence-electron chi connectivity index (χ0n) is 18.6. The first-order valence-electron chi connectivity index (χ1n) is 11.0. The Kier molecular flexibility index (Phi) is 8.67. The molecule has 2 aromatic rings. The third kappa shape index (κ3) is 6.53. The summed E-state index contributed by atoms with van der Waals surface area (Å²) in [6.07, 6.45) is 1.08. The summed E-state index contributed by atoms with van der Waals surface area (Å²) >= 11 is 5.90. The average molecular weight is 426 g/mol. The van der Waals surface area contributed by atoms with E-state index in [0.717, 1.165) is 63.2 Å². The molecule has 0 saturated carbocycles. The van der Waals surface area contributed by atoms with Crippen LogP contribution in [0.4, 0.5) is 5.69 Å². The molecule has 162 valence electrons. The molecule has 30 heavy (non-hydrogen) atoms. The fourth-order valence-electron chi connectivity index (χ4n) is 4.12. The lowest BCUT2D eigenvalue weighted by Crippen LogP contribution is -2.40. The SMILES string of the molecule is Cc1cccc(NC(=S)N(CCCN2CCOCC2)Cc2ccccc2)c1C(C)C. The van der Waals surface area contributed by atoms with E-state index in [0.29, 0.717) is 5.92 Å². The molecule has 4 nitrogen and oxygen atoms in total. The lowest BCUT2D eigenvalue weighted by molar-refractivity contribution is 0.0368. The molecule has 1 saturated heterocycles. The van der Waals surface area contributed by atoms with Crippen LogP contribution >= 0.6 is 12.2 Å². The Morgan fingerprint density at radius 3 is 2.53 bits per heavy atom. The Hall–Kier alpha value is -1.95. The monoisotopic (exact) mass is 425 g/mol. The largest absolute Gasteiger partial charge is 0.379 e. The maximum Gasteiger partial charge on any atom is 0.173 e. The number of hydrogen-bond donors (Lipinski definition) is 1. The van der Waals surface area contributed by atoms with E-state index in [4.69, 9.17) is 17.0 Å². The van der Waals surface area contributed by atoms with Crippen molar-refractivity contribution in [2.75, 3.05) is 44.7 Å². The Morgan fingerprint density at radius 2 is 1.83 bits per heavy atom. The van der Waals surface area contributed by atoms with E-state index in [2.05, 4.69) is 84.4 Å². The normalized spacial score (nSPS) is 14.7. The minimum atomic E-state index is 0.445. The smallest absolute Gasteiger partial charge is 0.173 e. The van der Waals surface area contributed by atoms with Gasteiger partial charge in [-0.3, -0.25) is 4.90 Å². The first-order valence-corrected chi connectivity index (χ1v) is 11.4. The number of benzene rings is 2. The van der Waals surface area contributed by atoms with Gasteiger partial charge in [-0.2, -0.15) is 0 Å². The van der Waals surface area contributed by atoms with Crippen LogP contribution in [0.25, 0.3) is 0 Å². The molecule has 1 heterocycles. The second-order valence-corrected chi connectivity index (χ2v) is 8.72. The Balaban J connectivity index is 1.68. The molecular formula is C25H35N3OS. The molecule has 0 amide bonds. The predicted molar refractivity (Wildman–Crippen MR) is 130 cm³/mol. The van der Waals surface area contributed by atoms with E-state index in [9.17, 15) is 0 Å². The van der Waals surface area contributed by atoms with Crippen molar-refractivity contribution in [1.82, 2.24) is 9.80 Å². The van der Waals surface area contributed by atoms with Crippen molar-refractivity contribution in [3.8, 4) is 0 Å². The number of morpholine rings is 1. The Bertz CT molecular complexity index is 803. The fraction of sp³-hybridized carbons (Fsp3) is 0.480. The summed E-state index contributed by atoms with van der Waals surface area (Å²) in [5.41, 5.74) is 5.05. The van der Waals surface area contributed by atoms with E-state index < -0.39 is 0 Å². The summed E-state index contributed by atoms with van der Waals surface area (Å²) in [4.78, 5) is 4.79. The first-order chi connectivity index (χ1) is 14.5. The molecule has 1 fully saturated rings.